The lowest BCUT2D eigenvalue weighted by atomic mass is 10.2. The summed E-state index contributed by atoms with van der Waals surface area (Å²) < 4.78 is 4.75. The van der Waals surface area contributed by atoms with E-state index >= 15 is 0 Å². The van der Waals surface area contributed by atoms with E-state index in [0.29, 0.717) is 13.0 Å². The molecular formula is C8H16N2O4. The van der Waals surface area contributed by atoms with Crippen molar-refractivity contribution in [2.45, 2.75) is 26.3 Å². The van der Waals surface area contributed by atoms with Crippen LogP contribution in [0.5, 0.6) is 0 Å². The van der Waals surface area contributed by atoms with Crippen molar-refractivity contribution in [1.82, 2.24) is 5.48 Å². The predicted molar refractivity (Wildman–Crippen MR) is 49.0 cm³/mol. The summed E-state index contributed by atoms with van der Waals surface area (Å²) in [5, 5.41) is 0. The minimum atomic E-state index is -0.601. The van der Waals surface area contributed by atoms with Gasteiger partial charge in [-0.1, -0.05) is 6.92 Å². The molecule has 0 aliphatic rings. The van der Waals surface area contributed by atoms with E-state index < -0.39 is 17.9 Å². The number of amides is 1. The third kappa shape index (κ3) is 5.50. The van der Waals surface area contributed by atoms with Gasteiger partial charge in [0, 0.05) is 0 Å². The summed E-state index contributed by atoms with van der Waals surface area (Å²) in [7, 11) is 0. The van der Waals surface area contributed by atoms with Gasteiger partial charge >= 0.3 is 5.97 Å². The molecule has 0 aliphatic carbocycles. The Hall–Kier alpha value is -1.14. The maximum absolute atomic E-state index is 11.2. The van der Waals surface area contributed by atoms with Gasteiger partial charge in [-0.2, -0.15) is 5.48 Å². The van der Waals surface area contributed by atoms with E-state index in [9.17, 15) is 9.59 Å². The molecule has 0 saturated heterocycles. The van der Waals surface area contributed by atoms with Crippen molar-refractivity contribution in [3.63, 3.8) is 0 Å². The van der Waals surface area contributed by atoms with Crippen LogP contribution in [-0.4, -0.2) is 31.1 Å². The van der Waals surface area contributed by atoms with Gasteiger partial charge in [0.1, 0.15) is 12.6 Å². The summed E-state index contributed by atoms with van der Waals surface area (Å²) in [5.74, 6) is -1.00. The second-order valence-electron chi connectivity index (χ2n) is 2.59. The Kier molecular flexibility index (Phi) is 6.69. The first kappa shape index (κ1) is 12.9. The van der Waals surface area contributed by atoms with Crippen LogP contribution in [0.3, 0.4) is 0 Å². The molecule has 0 fully saturated rings. The highest BCUT2D eigenvalue weighted by Gasteiger charge is 2.17. The third-order valence-corrected chi connectivity index (χ3v) is 1.42. The molecule has 0 aliphatic heterocycles. The first-order chi connectivity index (χ1) is 6.61. The van der Waals surface area contributed by atoms with Crippen LogP contribution in [0.25, 0.3) is 0 Å². The Morgan fingerprint density at radius 1 is 1.43 bits per heavy atom. The largest absolute Gasteiger partial charge is 0.465 e. The van der Waals surface area contributed by atoms with E-state index in [1.54, 1.807) is 13.8 Å². The molecule has 6 heteroatoms. The lowest BCUT2D eigenvalue weighted by molar-refractivity contribution is -0.151. The average Bonchev–Trinajstić information content (AvgIpc) is 2.12. The number of carbonyl (C=O) groups excluding carboxylic acids is 2. The monoisotopic (exact) mass is 204 g/mol. The van der Waals surface area contributed by atoms with Gasteiger partial charge in [-0.15, -0.1) is 0 Å². The van der Waals surface area contributed by atoms with Crippen molar-refractivity contribution in [3.8, 4) is 0 Å². The second kappa shape index (κ2) is 7.28. The Labute approximate surface area is 82.7 Å². The molecule has 3 N–H and O–H groups in total. The highest BCUT2D eigenvalue weighted by molar-refractivity contribution is 5.76. The van der Waals surface area contributed by atoms with Crippen molar-refractivity contribution in [2.24, 2.45) is 5.73 Å². The molecule has 0 saturated carbocycles. The van der Waals surface area contributed by atoms with Crippen molar-refractivity contribution in [1.29, 1.82) is 0 Å². The van der Waals surface area contributed by atoms with E-state index in [1.807, 2.05) is 0 Å². The lowest BCUT2D eigenvalue weighted by Gasteiger charge is -2.14. The predicted octanol–water partition coefficient (Wildman–Crippen LogP) is -0.665. The summed E-state index contributed by atoms with van der Waals surface area (Å²) in [6, 6.07) is -0.561. The Bertz CT molecular complexity index is 196. The van der Waals surface area contributed by atoms with Crippen molar-refractivity contribution < 1.29 is 19.2 Å². The number of nitrogens with two attached hydrogens (primary N) is 1. The van der Waals surface area contributed by atoms with Crippen molar-refractivity contribution in [2.75, 3.05) is 13.2 Å². The standard InChI is InChI=1S/C8H16N2O4/c1-3-6(8(12)13-4-2)10-14-5-7(9)11/h6,10H,3-5H2,1-2H3,(H2,9,11). The number of hydrogen-bond acceptors (Lipinski definition) is 5. The molecule has 0 spiro atoms. The summed E-state index contributed by atoms with van der Waals surface area (Å²) >= 11 is 0. The minimum absolute atomic E-state index is 0.268. The van der Waals surface area contributed by atoms with Gasteiger partial charge < -0.3 is 10.5 Å². The summed E-state index contributed by atoms with van der Waals surface area (Å²) in [6.07, 6.45) is 0.512. The van der Waals surface area contributed by atoms with Crippen LogP contribution in [0.1, 0.15) is 20.3 Å². The summed E-state index contributed by atoms with van der Waals surface area (Å²) in [4.78, 5) is 26.2. The molecule has 0 aromatic heterocycles. The number of ether oxygens (including phenoxy) is 1. The van der Waals surface area contributed by atoms with E-state index in [2.05, 4.69) is 5.48 Å². The Morgan fingerprint density at radius 3 is 2.50 bits per heavy atom. The van der Waals surface area contributed by atoms with E-state index in [4.69, 9.17) is 15.3 Å². The maximum atomic E-state index is 11.2. The van der Waals surface area contributed by atoms with Crippen LogP contribution in [0.4, 0.5) is 0 Å². The molecule has 82 valence electrons. The highest BCUT2D eigenvalue weighted by atomic mass is 16.7. The quantitative estimate of drug-likeness (QED) is 0.424. The molecule has 0 bridgehead atoms. The second-order valence-corrected chi connectivity index (χ2v) is 2.59. The fourth-order valence-corrected chi connectivity index (χ4v) is 0.754. The van der Waals surface area contributed by atoms with Gasteiger partial charge in [-0.3, -0.25) is 14.4 Å². The van der Waals surface area contributed by atoms with Crippen LogP contribution in [0, 0.1) is 0 Å². The van der Waals surface area contributed by atoms with Gasteiger partial charge in [0.15, 0.2) is 0 Å². The van der Waals surface area contributed by atoms with Crippen LogP contribution in [-0.2, 0) is 19.2 Å². The highest BCUT2D eigenvalue weighted by Crippen LogP contribution is 1.94. The zero-order valence-corrected chi connectivity index (χ0v) is 8.41. The lowest BCUT2D eigenvalue weighted by Crippen LogP contribution is -2.39. The van der Waals surface area contributed by atoms with E-state index in [1.165, 1.54) is 0 Å². The van der Waals surface area contributed by atoms with Gasteiger partial charge in [0.05, 0.1) is 6.61 Å². The van der Waals surface area contributed by atoms with Crippen LogP contribution >= 0.6 is 0 Å². The molecule has 14 heavy (non-hydrogen) atoms. The first-order valence-corrected chi connectivity index (χ1v) is 4.44. The average molecular weight is 204 g/mol. The first-order valence-electron chi connectivity index (χ1n) is 4.44. The van der Waals surface area contributed by atoms with Crippen LogP contribution in [0.2, 0.25) is 0 Å². The zero-order valence-electron chi connectivity index (χ0n) is 8.41. The van der Waals surface area contributed by atoms with E-state index in [0.717, 1.165) is 0 Å². The fraction of sp³-hybridized carbons (Fsp3) is 0.750. The molecule has 6 nitrogen and oxygen atoms in total. The number of carbonyl (C=O) groups is 2. The summed E-state index contributed by atoms with van der Waals surface area (Å²) in [6.45, 7) is 3.56. The fourth-order valence-electron chi connectivity index (χ4n) is 0.754. The van der Waals surface area contributed by atoms with Crippen molar-refractivity contribution >= 4 is 11.9 Å². The molecular weight excluding hydrogens is 188 g/mol. The number of hydroxylamine groups is 1. The topological polar surface area (TPSA) is 90.7 Å². The maximum Gasteiger partial charge on any atom is 0.325 e. The van der Waals surface area contributed by atoms with Crippen molar-refractivity contribution in [3.05, 3.63) is 0 Å². The molecule has 0 rings (SSSR count). The van der Waals surface area contributed by atoms with Crippen LogP contribution in [0.15, 0.2) is 0 Å². The molecule has 1 atom stereocenters. The number of nitrogens with one attached hydrogen (secondary N) is 1. The SMILES string of the molecule is CCOC(=O)C(CC)NOCC(N)=O. The Balaban J connectivity index is 3.78. The number of esters is 1. The molecule has 1 amide bonds. The molecule has 0 aromatic rings. The van der Waals surface area contributed by atoms with Gasteiger partial charge in [-0.25, -0.2) is 0 Å². The zero-order chi connectivity index (χ0) is 11.0. The van der Waals surface area contributed by atoms with Gasteiger partial charge in [0.25, 0.3) is 0 Å². The molecule has 0 radical (unpaired) electrons. The van der Waals surface area contributed by atoms with Gasteiger partial charge in [0.2, 0.25) is 5.91 Å². The van der Waals surface area contributed by atoms with Gasteiger partial charge in [-0.05, 0) is 13.3 Å². The smallest absolute Gasteiger partial charge is 0.325 e. The number of primary amides is 1. The van der Waals surface area contributed by atoms with Crippen LogP contribution < -0.4 is 11.2 Å². The minimum Gasteiger partial charge on any atom is -0.465 e. The summed E-state index contributed by atoms with van der Waals surface area (Å²) in [5.41, 5.74) is 7.24. The molecule has 1 unspecified atom stereocenters. The Morgan fingerprint density at radius 2 is 2.07 bits per heavy atom. The third-order valence-electron chi connectivity index (χ3n) is 1.42. The van der Waals surface area contributed by atoms with E-state index in [-0.39, 0.29) is 6.61 Å². The molecule has 0 heterocycles. The number of hydrogen-bond donors (Lipinski definition) is 2. The number of rotatable bonds is 7. The molecule has 0 aromatic carbocycles. The normalized spacial score (nSPS) is 12.1.